The van der Waals surface area contributed by atoms with Crippen molar-refractivity contribution >= 4 is 45.0 Å². The topological polar surface area (TPSA) is 81.5 Å². The molecule has 0 atom stereocenters. The van der Waals surface area contributed by atoms with Crippen molar-refractivity contribution in [1.82, 2.24) is 0 Å². The maximum atomic E-state index is 12.1. The molecule has 0 spiro atoms. The molecule has 126 valence electrons. The summed E-state index contributed by atoms with van der Waals surface area (Å²) in [6.07, 6.45) is 0. The predicted octanol–water partition coefficient (Wildman–Crippen LogP) is 4.49. The molecule has 0 aliphatic heterocycles. The summed E-state index contributed by atoms with van der Waals surface area (Å²) in [4.78, 5) is 23.6. The van der Waals surface area contributed by atoms with Gasteiger partial charge in [-0.2, -0.15) is 0 Å². The van der Waals surface area contributed by atoms with Crippen LogP contribution in [-0.2, 0) is 4.79 Å². The summed E-state index contributed by atoms with van der Waals surface area (Å²) in [5.74, 6) is 0.222. The van der Waals surface area contributed by atoms with Crippen molar-refractivity contribution in [2.45, 2.75) is 11.8 Å². The van der Waals surface area contributed by atoms with Crippen LogP contribution in [0, 0.1) is 10.1 Å². The van der Waals surface area contributed by atoms with Gasteiger partial charge in [0, 0.05) is 9.37 Å². The molecule has 8 heteroatoms. The second kappa shape index (κ2) is 8.70. The average Bonchev–Trinajstić information content (AvgIpc) is 2.55. The lowest BCUT2D eigenvalue weighted by atomic mass is 10.2. The molecule has 2 aromatic carbocycles. The fourth-order valence-electron chi connectivity index (χ4n) is 1.92. The third-order valence-corrected chi connectivity index (χ3v) is 4.97. The number of anilines is 1. The van der Waals surface area contributed by atoms with Crippen molar-refractivity contribution in [3.8, 4) is 5.75 Å². The van der Waals surface area contributed by atoms with Crippen LogP contribution in [0.4, 0.5) is 11.4 Å². The summed E-state index contributed by atoms with van der Waals surface area (Å²) in [7, 11) is 0. The first-order valence-corrected chi connectivity index (χ1v) is 8.87. The Kier molecular flexibility index (Phi) is 6.62. The summed E-state index contributed by atoms with van der Waals surface area (Å²) >= 11 is 4.76. The van der Waals surface area contributed by atoms with Crippen molar-refractivity contribution in [3.05, 3.63) is 57.1 Å². The van der Waals surface area contributed by atoms with Gasteiger partial charge in [0.25, 0.3) is 5.69 Å². The Bertz CT molecular complexity index is 755. The van der Waals surface area contributed by atoms with E-state index in [4.69, 9.17) is 4.74 Å². The van der Waals surface area contributed by atoms with Crippen molar-refractivity contribution in [3.63, 3.8) is 0 Å². The molecule has 24 heavy (non-hydrogen) atoms. The molecule has 0 fully saturated rings. The number of ether oxygens (including phenoxy) is 1. The van der Waals surface area contributed by atoms with E-state index in [1.54, 1.807) is 13.0 Å². The third kappa shape index (κ3) is 4.97. The Hall–Kier alpha value is -2.06. The van der Waals surface area contributed by atoms with E-state index in [1.165, 1.54) is 23.9 Å². The number of hydrogen-bond acceptors (Lipinski definition) is 5. The molecule has 2 rings (SSSR count). The van der Waals surface area contributed by atoms with Gasteiger partial charge in [-0.1, -0.05) is 12.1 Å². The number of amides is 1. The molecule has 0 saturated carbocycles. The van der Waals surface area contributed by atoms with Crippen LogP contribution in [0.15, 0.2) is 51.8 Å². The Labute approximate surface area is 151 Å². The number of carbonyl (C=O) groups is 1. The fraction of sp³-hybridized carbons (Fsp3) is 0.188. The molecule has 6 nitrogen and oxygen atoms in total. The minimum atomic E-state index is -0.543. The summed E-state index contributed by atoms with van der Waals surface area (Å²) in [5.41, 5.74) is -0.0404. The number of nitrogens with one attached hydrogen (secondary N) is 1. The molecule has 0 aromatic heterocycles. The van der Waals surface area contributed by atoms with Crippen LogP contribution in [0.1, 0.15) is 6.92 Å². The van der Waals surface area contributed by atoms with Gasteiger partial charge in [0.15, 0.2) is 0 Å². The van der Waals surface area contributed by atoms with Crippen LogP contribution in [0.25, 0.3) is 0 Å². The van der Waals surface area contributed by atoms with Crippen LogP contribution in [-0.4, -0.2) is 23.2 Å². The maximum absolute atomic E-state index is 12.1. The Morgan fingerprint density at radius 3 is 2.75 bits per heavy atom. The van der Waals surface area contributed by atoms with Crippen molar-refractivity contribution in [1.29, 1.82) is 0 Å². The first kappa shape index (κ1) is 18.3. The van der Waals surface area contributed by atoms with Gasteiger partial charge in [-0.3, -0.25) is 14.9 Å². The van der Waals surface area contributed by atoms with E-state index in [-0.39, 0.29) is 23.0 Å². The number of rotatable bonds is 7. The number of nitro groups is 1. The van der Waals surface area contributed by atoms with E-state index in [9.17, 15) is 14.9 Å². The SMILES string of the molecule is CCOc1ccc(NC(=O)CSc2ccccc2Br)c([N+](=O)[O-])c1. The molecule has 0 saturated heterocycles. The highest BCUT2D eigenvalue weighted by Crippen LogP contribution is 2.30. The second-order valence-electron chi connectivity index (χ2n) is 4.64. The molecule has 1 N–H and O–H groups in total. The Morgan fingerprint density at radius 2 is 2.08 bits per heavy atom. The van der Waals surface area contributed by atoms with E-state index < -0.39 is 4.92 Å². The summed E-state index contributed by atoms with van der Waals surface area (Å²) in [6, 6.07) is 11.9. The molecule has 0 bridgehead atoms. The first-order valence-electron chi connectivity index (χ1n) is 7.09. The fourth-order valence-corrected chi connectivity index (χ4v) is 3.28. The van der Waals surface area contributed by atoms with E-state index in [0.29, 0.717) is 12.4 Å². The second-order valence-corrected chi connectivity index (χ2v) is 6.51. The molecule has 2 aromatic rings. The maximum Gasteiger partial charge on any atom is 0.296 e. The lowest BCUT2D eigenvalue weighted by Crippen LogP contribution is -2.15. The van der Waals surface area contributed by atoms with Gasteiger partial charge in [0.1, 0.15) is 11.4 Å². The Balaban J connectivity index is 2.05. The van der Waals surface area contributed by atoms with E-state index in [1.807, 2.05) is 24.3 Å². The molecule has 0 aliphatic carbocycles. The molecular weight excluding hydrogens is 396 g/mol. The smallest absolute Gasteiger partial charge is 0.296 e. The Morgan fingerprint density at radius 1 is 1.33 bits per heavy atom. The highest BCUT2D eigenvalue weighted by Gasteiger charge is 2.17. The normalized spacial score (nSPS) is 10.2. The number of nitro benzene ring substituents is 1. The van der Waals surface area contributed by atoms with E-state index in [0.717, 1.165) is 9.37 Å². The minimum absolute atomic E-state index is 0.146. The highest BCUT2D eigenvalue weighted by atomic mass is 79.9. The van der Waals surface area contributed by atoms with Gasteiger partial charge >= 0.3 is 0 Å². The zero-order chi connectivity index (χ0) is 17.5. The van der Waals surface area contributed by atoms with E-state index in [2.05, 4.69) is 21.2 Å². The van der Waals surface area contributed by atoms with Gasteiger partial charge < -0.3 is 10.1 Å². The third-order valence-electron chi connectivity index (χ3n) is 2.95. The van der Waals surface area contributed by atoms with Crippen LogP contribution >= 0.6 is 27.7 Å². The van der Waals surface area contributed by atoms with Gasteiger partial charge in [-0.15, -0.1) is 11.8 Å². The van der Waals surface area contributed by atoms with Gasteiger partial charge in [-0.05, 0) is 47.1 Å². The number of hydrogen-bond donors (Lipinski definition) is 1. The molecule has 0 radical (unpaired) electrons. The quantitative estimate of drug-likeness (QED) is 0.413. The number of thioether (sulfide) groups is 1. The van der Waals surface area contributed by atoms with Gasteiger partial charge in [-0.25, -0.2) is 0 Å². The molecule has 0 unspecified atom stereocenters. The zero-order valence-corrected chi connectivity index (χ0v) is 15.2. The van der Waals surface area contributed by atoms with Crippen molar-refractivity contribution < 1.29 is 14.5 Å². The lowest BCUT2D eigenvalue weighted by Gasteiger charge is -2.08. The van der Waals surface area contributed by atoms with Crippen LogP contribution < -0.4 is 10.1 Å². The first-order chi connectivity index (χ1) is 11.5. The molecule has 0 aliphatic rings. The standard InChI is InChI=1S/C16H15BrN2O4S/c1-2-23-11-7-8-13(14(9-11)19(21)22)18-16(20)10-24-15-6-4-3-5-12(15)17/h3-9H,2,10H2,1H3,(H,18,20). The zero-order valence-electron chi connectivity index (χ0n) is 12.8. The molecule has 1 amide bonds. The summed E-state index contributed by atoms with van der Waals surface area (Å²) in [6.45, 7) is 2.20. The van der Waals surface area contributed by atoms with Crippen LogP contribution in [0.3, 0.4) is 0 Å². The largest absolute Gasteiger partial charge is 0.494 e. The molecular formula is C16H15BrN2O4S. The predicted molar refractivity (Wildman–Crippen MR) is 97.8 cm³/mol. The lowest BCUT2D eigenvalue weighted by molar-refractivity contribution is -0.384. The number of carbonyl (C=O) groups excluding carboxylic acids is 1. The summed E-state index contributed by atoms with van der Waals surface area (Å²) in [5, 5.41) is 13.7. The van der Waals surface area contributed by atoms with Crippen LogP contribution in [0.5, 0.6) is 5.75 Å². The monoisotopic (exact) mass is 410 g/mol. The summed E-state index contributed by atoms with van der Waals surface area (Å²) < 4.78 is 6.15. The van der Waals surface area contributed by atoms with Gasteiger partial charge in [0.2, 0.25) is 5.91 Å². The average molecular weight is 411 g/mol. The highest BCUT2D eigenvalue weighted by molar-refractivity contribution is 9.10. The number of halogens is 1. The number of nitrogens with zero attached hydrogens (tertiary/aromatic N) is 1. The van der Waals surface area contributed by atoms with E-state index >= 15 is 0 Å². The number of benzene rings is 2. The van der Waals surface area contributed by atoms with Crippen molar-refractivity contribution in [2.24, 2.45) is 0 Å². The van der Waals surface area contributed by atoms with Gasteiger partial charge in [0.05, 0.1) is 23.3 Å². The molecule has 0 heterocycles. The minimum Gasteiger partial charge on any atom is -0.494 e. The van der Waals surface area contributed by atoms with Crippen molar-refractivity contribution in [2.75, 3.05) is 17.7 Å². The van der Waals surface area contributed by atoms with Crippen LogP contribution in [0.2, 0.25) is 0 Å².